The van der Waals surface area contributed by atoms with Gasteiger partial charge < -0.3 is 9.16 Å². The van der Waals surface area contributed by atoms with Crippen molar-refractivity contribution in [1.82, 2.24) is 0 Å². The SMILES string of the molecule is C=C1C[C@H](CCO[Si](c2ccccc2)(c2ccccc2)C(C)(C)C)O[C@H](/C=C/c2ccccc2)C1. The maximum Gasteiger partial charge on any atom is 0.261 e. The summed E-state index contributed by atoms with van der Waals surface area (Å²) < 4.78 is 13.6. The topological polar surface area (TPSA) is 18.5 Å². The lowest BCUT2D eigenvalue weighted by Gasteiger charge is -2.43. The van der Waals surface area contributed by atoms with Gasteiger partial charge in [-0.1, -0.05) is 136 Å². The van der Waals surface area contributed by atoms with Crippen LogP contribution in [0.2, 0.25) is 5.04 Å². The van der Waals surface area contributed by atoms with Crippen molar-refractivity contribution in [3.05, 3.63) is 115 Å². The summed E-state index contributed by atoms with van der Waals surface area (Å²) in [6.07, 6.45) is 7.16. The molecule has 35 heavy (non-hydrogen) atoms. The van der Waals surface area contributed by atoms with Crippen LogP contribution in [0.1, 0.15) is 45.6 Å². The van der Waals surface area contributed by atoms with E-state index in [-0.39, 0.29) is 17.2 Å². The highest BCUT2D eigenvalue weighted by Gasteiger charge is 2.50. The molecule has 4 rings (SSSR count). The predicted octanol–water partition coefficient (Wildman–Crippen LogP) is 6.77. The Labute approximate surface area is 212 Å². The average Bonchev–Trinajstić information content (AvgIpc) is 2.86. The number of hydrogen-bond donors (Lipinski definition) is 0. The number of rotatable bonds is 8. The molecule has 1 aliphatic rings. The van der Waals surface area contributed by atoms with Gasteiger partial charge in [-0.25, -0.2) is 0 Å². The highest BCUT2D eigenvalue weighted by atomic mass is 28.4. The van der Waals surface area contributed by atoms with E-state index in [1.54, 1.807) is 0 Å². The lowest BCUT2D eigenvalue weighted by molar-refractivity contribution is -0.0160. The van der Waals surface area contributed by atoms with Crippen LogP contribution in [0.25, 0.3) is 6.08 Å². The fourth-order valence-corrected chi connectivity index (χ4v) is 9.78. The van der Waals surface area contributed by atoms with Crippen molar-refractivity contribution in [1.29, 1.82) is 0 Å². The van der Waals surface area contributed by atoms with Crippen LogP contribution < -0.4 is 10.4 Å². The van der Waals surface area contributed by atoms with Crippen LogP contribution in [-0.2, 0) is 9.16 Å². The third-order valence-electron chi connectivity index (χ3n) is 6.85. The first-order valence-electron chi connectivity index (χ1n) is 12.7. The quantitative estimate of drug-likeness (QED) is 0.260. The Morgan fingerprint density at radius 2 is 1.40 bits per heavy atom. The molecule has 1 heterocycles. The second-order valence-electron chi connectivity index (χ2n) is 10.5. The van der Waals surface area contributed by atoms with Gasteiger partial charge in [-0.05, 0) is 40.2 Å². The van der Waals surface area contributed by atoms with Gasteiger partial charge in [0.25, 0.3) is 8.32 Å². The minimum absolute atomic E-state index is 0.0202. The second-order valence-corrected chi connectivity index (χ2v) is 14.8. The molecular formula is C32H38O2Si. The van der Waals surface area contributed by atoms with E-state index in [9.17, 15) is 0 Å². The smallest absolute Gasteiger partial charge is 0.261 e. The molecule has 3 aromatic carbocycles. The van der Waals surface area contributed by atoms with E-state index in [0.29, 0.717) is 6.61 Å². The standard InChI is InChI=1S/C32H38O2Si/c1-26-24-28(21-20-27-14-8-5-9-15-27)34-29(25-26)22-23-33-35(32(2,3)4,30-16-10-6-11-17-30)31-18-12-7-13-19-31/h5-21,28-29H,1,22-25H2,2-4H3/b21-20+/t28-,29+/m1/s1. The first-order valence-corrected chi connectivity index (χ1v) is 14.6. The maximum absolute atomic E-state index is 7.08. The average molecular weight is 483 g/mol. The third kappa shape index (κ3) is 6.10. The summed E-state index contributed by atoms with van der Waals surface area (Å²) in [6.45, 7) is 11.9. The second kappa shape index (κ2) is 11.3. The monoisotopic (exact) mass is 482 g/mol. The number of hydrogen-bond acceptors (Lipinski definition) is 2. The van der Waals surface area contributed by atoms with Crippen molar-refractivity contribution < 1.29 is 9.16 Å². The molecule has 0 aliphatic carbocycles. The Morgan fingerprint density at radius 3 is 1.94 bits per heavy atom. The van der Waals surface area contributed by atoms with Crippen LogP contribution >= 0.6 is 0 Å². The van der Waals surface area contributed by atoms with Crippen LogP contribution in [0, 0.1) is 0 Å². The lowest BCUT2D eigenvalue weighted by Crippen LogP contribution is -2.66. The van der Waals surface area contributed by atoms with Crippen LogP contribution in [0.3, 0.4) is 0 Å². The third-order valence-corrected chi connectivity index (χ3v) is 11.9. The molecule has 3 heteroatoms. The fourth-order valence-electron chi connectivity index (χ4n) is 5.20. The zero-order valence-electron chi connectivity index (χ0n) is 21.3. The number of ether oxygens (including phenoxy) is 1. The molecule has 1 aliphatic heterocycles. The molecule has 1 fully saturated rings. The van der Waals surface area contributed by atoms with E-state index in [4.69, 9.17) is 9.16 Å². The molecule has 0 N–H and O–H groups in total. The van der Waals surface area contributed by atoms with E-state index in [2.05, 4.69) is 124 Å². The minimum atomic E-state index is -2.52. The number of benzene rings is 3. The zero-order chi connectivity index (χ0) is 24.7. The molecule has 2 atom stereocenters. The van der Waals surface area contributed by atoms with Crippen LogP contribution in [0.5, 0.6) is 0 Å². The highest BCUT2D eigenvalue weighted by Crippen LogP contribution is 2.37. The van der Waals surface area contributed by atoms with Gasteiger partial charge in [0.05, 0.1) is 12.2 Å². The van der Waals surface area contributed by atoms with E-state index < -0.39 is 8.32 Å². The molecule has 0 radical (unpaired) electrons. The molecule has 0 saturated carbocycles. The van der Waals surface area contributed by atoms with E-state index in [1.165, 1.54) is 21.5 Å². The largest absolute Gasteiger partial charge is 0.407 e. The highest BCUT2D eigenvalue weighted by molar-refractivity contribution is 6.99. The van der Waals surface area contributed by atoms with Crippen molar-refractivity contribution in [2.75, 3.05) is 6.61 Å². The van der Waals surface area contributed by atoms with Crippen molar-refractivity contribution >= 4 is 24.8 Å². The van der Waals surface area contributed by atoms with Crippen LogP contribution in [0.15, 0.2) is 109 Å². The van der Waals surface area contributed by atoms with Crippen molar-refractivity contribution in [3.63, 3.8) is 0 Å². The summed E-state index contributed by atoms with van der Waals surface area (Å²) in [4.78, 5) is 0. The summed E-state index contributed by atoms with van der Waals surface area (Å²) >= 11 is 0. The molecule has 2 nitrogen and oxygen atoms in total. The first-order chi connectivity index (χ1) is 16.9. The molecule has 1 saturated heterocycles. The van der Waals surface area contributed by atoms with Gasteiger partial charge in [0, 0.05) is 6.61 Å². The van der Waals surface area contributed by atoms with Crippen molar-refractivity contribution in [3.8, 4) is 0 Å². The summed E-state index contributed by atoms with van der Waals surface area (Å²) in [7, 11) is -2.52. The summed E-state index contributed by atoms with van der Waals surface area (Å²) in [6, 6.07) is 32.1. The molecule has 0 bridgehead atoms. The summed E-state index contributed by atoms with van der Waals surface area (Å²) in [5.74, 6) is 0. The summed E-state index contributed by atoms with van der Waals surface area (Å²) in [5, 5.41) is 2.61. The fraction of sp³-hybridized carbons (Fsp3) is 0.312. The van der Waals surface area contributed by atoms with Gasteiger partial charge >= 0.3 is 0 Å². The first kappa shape index (κ1) is 25.4. The van der Waals surface area contributed by atoms with Crippen molar-refractivity contribution in [2.24, 2.45) is 0 Å². The Kier molecular flexibility index (Phi) is 8.22. The maximum atomic E-state index is 7.08. The molecule has 0 spiro atoms. The van der Waals surface area contributed by atoms with Gasteiger partial charge in [0.2, 0.25) is 0 Å². The van der Waals surface area contributed by atoms with E-state index >= 15 is 0 Å². The molecule has 0 amide bonds. The Morgan fingerprint density at radius 1 is 0.857 bits per heavy atom. The van der Waals surface area contributed by atoms with Gasteiger partial charge in [0.1, 0.15) is 0 Å². The van der Waals surface area contributed by atoms with Crippen LogP contribution in [0.4, 0.5) is 0 Å². The normalized spacial score (nSPS) is 19.2. The van der Waals surface area contributed by atoms with Crippen LogP contribution in [-0.4, -0.2) is 27.1 Å². The van der Waals surface area contributed by atoms with Gasteiger partial charge in [-0.15, -0.1) is 0 Å². The Hall–Kier alpha value is -2.72. The Balaban J connectivity index is 1.50. The summed E-state index contributed by atoms with van der Waals surface area (Å²) in [5.41, 5.74) is 2.45. The lowest BCUT2D eigenvalue weighted by atomic mass is 9.97. The van der Waals surface area contributed by atoms with Gasteiger partial charge in [0.15, 0.2) is 0 Å². The predicted molar refractivity (Wildman–Crippen MR) is 151 cm³/mol. The van der Waals surface area contributed by atoms with Gasteiger partial charge in [-0.3, -0.25) is 0 Å². The molecular weight excluding hydrogens is 444 g/mol. The molecule has 0 aromatic heterocycles. The molecule has 182 valence electrons. The zero-order valence-corrected chi connectivity index (χ0v) is 22.3. The minimum Gasteiger partial charge on any atom is -0.407 e. The molecule has 0 unspecified atom stereocenters. The van der Waals surface area contributed by atoms with E-state index in [0.717, 1.165) is 19.3 Å². The molecule has 3 aromatic rings. The van der Waals surface area contributed by atoms with Gasteiger partial charge in [-0.2, -0.15) is 0 Å². The van der Waals surface area contributed by atoms with E-state index in [1.807, 2.05) is 6.07 Å². The van der Waals surface area contributed by atoms with Crippen molar-refractivity contribution in [2.45, 2.75) is 57.3 Å². The Bertz CT molecular complexity index is 1060.